The zero-order chi connectivity index (χ0) is 15.6. The van der Waals surface area contributed by atoms with Crippen molar-refractivity contribution in [3.05, 3.63) is 75.2 Å². The molecule has 0 saturated carbocycles. The number of nitrogens with zero attached hydrogens (tertiary/aromatic N) is 3. The molecule has 0 fully saturated rings. The molecule has 0 atom stereocenters. The fraction of sp³-hybridized carbons (Fsp3) is 0.0588. The molecule has 0 aliphatic heterocycles. The van der Waals surface area contributed by atoms with Crippen LogP contribution in [0, 0.1) is 0 Å². The molecule has 0 spiro atoms. The van der Waals surface area contributed by atoms with Gasteiger partial charge in [0.1, 0.15) is 22.7 Å². The second kappa shape index (κ2) is 5.73. The van der Waals surface area contributed by atoms with Gasteiger partial charge in [-0.15, -0.1) is 11.3 Å². The summed E-state index contributed by atoms with van der Waals surface area (Å²) in [6.07, 6.45) is 2.18. The molecule has 23 heavy (non-hydrogen) atoms. The normalized spacial score (nSPS) is 11.0. The Morgan fingerprint density at radius 2 is 1.96 bits per heavy atom. The Morgan fingerprint density at radius 1 is 1.09 bits per heavy atom. The van der Waals surface area contributed by atoms with Crippen LogP contribution in [-0.4, -0.2) is 19.9 Å². The summed E-state index contributed by atoms with van der Waals surface area (Å²) >= 11 is 1.49. The first kappa shape index (κ1) is 13.8. The van der Waals surface area contributed by atoms with Crippen LogP contribution in [0.2, 0.25) is 0 Å². The number of pyridine rings is 1. The summed E-state index contributed by atoms with van der Waals surface area (Å²) in [5, 5.41) is 2.43. The van der Waals surface area contributed by atoms with Crippen molar-refractivity contribution < 1.29 is 0 Å². The van der Waals surface area contributed by atoms with Crippen LogP contribution in [-0.2, 0) is 6.42 Å². The number of rotatable bonds is 3. The van der Waals surface area contributed by atoms with E-state index in [2.05, 4.69) is 19.9 Å². The molecule has 0 bridgehead atoms. The number of aromatic nitrogens is 4. The van der Waals surface area contributed by atoms with Crippen molar-refractivity contribution >= 4 is 22.2 Å². The highest BCUT2D eigenvalue weighted by atomic mass is 32.1. The van der Waals surface area contributed by atoms with Crippen molar-refractivity contribution in [2.75, 3.05) is 0 Å². The molecule has 0 aliphatic carbocycles. The molecule has 0 unspecified atom stereocenters. The highest BCUT2D eigenvalue weighted by Gasteiger charge is 2.12. The molecule has 1 aromatic carbocycles. The van der Waals surface area contributed by atoms with Gasteiger partial charge < -0.3 is 4.98 Å². The van der Waals surface area contributed by atoms with Crippen LogP contribution in [0.3, 0.4) is 0 Å². The fourth-order valence-electron chi connectivity index (χ4n) is 2.50. The van der Waals surface area contributed by atoms with Gasteiger partial charge >= 0.3 is 0 Å². The Morgan fingerprint density at radius 3 is 2.74 bits per heavy atom. The van der Waals surface area contributed by atoms with E-state index < -0.39 is 0 Å². The first-order valence-corrected chi connectivity index (χ1v) is 8.06. The van der Waals surface area contributed by atoms with E-state index in [1.807, 2.05) is 35.7 Å². The van der Waals surface area contributed by atoms with E-state index in [1.54, 1.807) is 17.8 Å². The van der Waals surface area contributed by atoms with E-state index in [9.17, 15) is 4.79 Å². The zero-order valence-electron chi connectivity index (χ0n) is 12.1. The molecular formula is C17H12N4OS. The number of hydrogen-bond acceptors (Lipinski definition) is 5. The van der Waals surface area contributed by atoms with Gasteiger partial charge in [-0.05, 0) is 11.6 Å². The van der Waals surface area contributed by atoms with E-state index in [-0.39, 0.29) is 5.56 Å². The number of benzene rings is 1. The maximum Gasteiger partial charge on any atom is 0.258 e. The maximum atomic E-state index is 12.4. The first-order valence-electron chi connectivity index (χ1n) is 7.11. The Balaban J connectivity index is 1.88. The second-order valence-corrected chi connectivity index (χ2v) is 5.82. The summed E-state index contributed by atoms with van der Waals surface area (Å²) < 4.78 is 0. The summed E-state index contributed by atoms with van der Waals surface area (Å²) in [6, 6.07) is 11.6. The van der Waals surface area contributed by atoms with Crippen molar-refractivity contribution in [1.29, 1.82) is 0 Å². The number of aromatic amines is 1. The Labute approximate surface area is 135 Å². The lowest BCUT2D eigenvalue weighted by Crippen LogP contribution is -2.13. The number of hydrogen-bond donors (Lipinski definition) is 1. The third-order valence-corrected chi connectivity index (χ3v) is 4.15. The van der Waals surface area contributed by atoms with E-state index >= 15 is 0 Å². The van der Waals surface area contributed by atoms with Crippen LogP contribution >= 0.6 is 11.3 Å². The lowest BCUT2D eigenvalue weighted by Gasteiger charge is -2.06. The number of fused-ring (bicyclic) bond motifs is 1. The lowest BCUT2D eigenvalue weighted by molar-refractivity contribution is 0.971. The summed E-state index contributed by atoms with van der Waals surface area (Å²) in [6.45, 7) is 0. The summed E-state index contributed by atoms with van der Waals surface area (Å²) in [5.41, 5.74) is 4.66. The van der Waals surface area contributed by atoms with Gasteiger partial charge in [0.15, 0.2) is 0 Å². The van der Waals surface area contributed by atoms with E-state index in [0.717, 1.165) is 11.3 Å². The first-order chi connectivity index (χ1) is 11.3. The van der Waals surface area contributed by atoms with Crippen molar-refractivity contribution in [3.63, 3.8) is 0 Å². The van der Waals surface area contributed by atoms with Gasteiger partial charge in [0.05, 0.1) is 10.9 Å². The van der Waals surface area contributed by atoms with Crippen molar-refractivity contribution in [3.8, 4) is 11.4 Å². The van der Waals surface area contributed by atoms with Crippen LogP contribution in [0.25, 0.3) is 22.3 Å². The van der Waals surface area contributed by atoms with Gasteiger partial charge in [-0.25, -0.2) is 9.97 Å². The molecule has 6 heteroatoms. The molecule has 3 aromatic heterocycles. The number of thiazole rings is 1. The highest BCUT2D eigenvalue weighted by Crippen LogP contribution is 2.23. The van der Waals surface area contributed by atoms with Gasteiger partial charge in [0.2, 0.25) is 0 Å². The molecule has 5 nitrogen and oxygen atoms in total. The van der Waals surface area contributed by atoms with Crippen molar-refractivity contribution in [1.82, 2.24) is 19.9 Å². The monoisotopic (exact) mass is 320 g/mol. The Hall–Kier alpha value is -2.86. The topological polar surface area (TPSA) is 71.5 Å². The zero-order valence-corrected chi connectivity index (χ0v) is 12.9. The molecule has 112 valence electrons. The Kier molecular flexibility index (Phi) is 3.44. The summed E-state index contributed by atoms with van der Waals surface area (Å²) in [4.78, 5) is 28.5. The second-order valence-electron chi connectivity index (χ2n) is 5.10. The highest BCUT2D eigenvalue weighted by molar-refractivity contribution is 7.07. The van der Waals surface area contributed by atoms with Crippen LogP contribution < -0.4 is 5.56 Å². The molecule has 4 rings (SSSR count). The summed E-state index contributed by atoms with van der Waals surface area (Å²) in [7, 11) is 0. The third kappa shape index (κ3) is 2.64. The van der Waals surface area contributed by atoms with Gasteiger partial charge in [0.25, 0.3) is 5.56 Å². The van der Waals surface area contributed by atoms with Gasteiger partial charge in [-0.2, -0.15) is 0 Å². The van der Waals surface area contributed by atoms with Crippen molar-refractivity contribution in [2.45, 2.75) is 6.42 Å². The minimum atomic E-state index is -0.153. The lowest BCUT2D eigenvalue weighted by atomic mass is 10.1. The smallest absolute Gasteiger partial charge is 0.258 e. The predicted octanol–water partition coefficient (Wildman–Crippen LogP) is 3.03. The SMILES string of the molecule is O=c1[nH]c(Cc2ccccc2)nc2c(-c3cscn3)nccc12. The Bertz CT molecular complexity index is 1010. The van der Waals surface area contributed by atoms with Crippen LogP contribution in [0.5, 0.6) is 0 Å². The number of nitrogens with one attached hydrogen (secondary N) is 1. The molecule has 0 aliphatic rings. The van der Waals surface area contributed by atoms with Gasteiger partial charge in [0, 0.05) is 18.0 Å². The average Bonchev–Trinajstić information content (AvgIpc) is 3.10. The van der Waals surface area contributed by atoms with Crippen LogP contribution in [0.4, 0.5) is 0 Å². The minimum Gasteiger partial charge on any atom is -0.310 e. The van der Waals surface area contributed by atoms with E-state index in [4.69, 9.17) is 0 Å². The molecule has 1 N–H and O–H groups in total. The molecular weight excluding hydrogens is 308 g/mol. The minimum absolute atomic E-state index is 0.153. The van der Waals surface area contributed by atoms with Gasteiger partial charge in [-0.1, -0.05) is 30.3 Å². The molecule has 3 heterocycles. The average molecular weight is 320 g/mol. The van der Waals surface area contributed by atoms with Crippen LogP contribution in [0.15, 0.2) is 58.3 Å². The molecule has 0 saturated heterocycles. The third-order valence-electron chi connectivity index (χ3n) is 3.56. The largest absolute Gasteiger partial charge is 0.310 e. The number of H-pyrrole nitrogens is 1. The molecule has 4 aromatic rings. The summed E-state index contributed by atoms with van der Waals surface area (Å²) in [5.74, 6) is 0.623. The predicted molar refractivity (Wildman–Crippen MR) is 90.5 cm³/mol. The quantitative estimate of drug-likeness (QED) is 0.630. The van der Waals surface area contributed by atoms with E-state index in [0.29, 0.717) is 28.8 Å². The van der Waals surface area contributed by atoms with Crippen LogP contribution in [0.1, 0.15) is 11.4 Å². The fourth-order valence-corrected chi connectivity index (χ4v) is 3.04. The van der Waals surface area contributed by atoms with Crippen molar-refractivity contribution in [2.24, 2.45) is 0 Å². The molecule has 0 amide bonds. The van der Waals surface area contributed by atoms with Gasteiger partial charge in [-0.3, -0.25) is 9.78 Å². The molecule has 0 radical (unpaired) electrons. The van der Waals surface area contributed by atoms with E-state index in [1.165, 1.54) is 11.3 Å². The standard InChI is InChI=1S/C17H12N4OS/c22-17-12-6-7-18-16(13-9-23-10-19-13)15(12)20-14(21-17)8-11-4-2-1-3-5-11/h1-7,9-10H,8H2,(H,20,21,22). The maximum absolute atomic E-state index is 12.4.